The highest BCUT2D eigenvalue weighted by Gasteiger charge is 2.17. The van der Waals surface area contributed by atoms with E-state index in [4.69, 9.17) is 9.47 Å². The molecule has 25 heavy (non-hydrogen) atoms. The first kappa shape index (κ1) is 21.0. The van der Waals surface area contributed by atoms with E-state index in [1.54, 1.807) is 26.4 Å². The smallest absolute Gasteiger partial charge is 0.251 e. The average Bonchev–Trinajstić information content (AvgIpc) is 2.57. The number of benzene rings is 1. The molecule has 5 heteroatoms. The van der Waals surface area contributed by atoms with Crippen LogP contribution in [-0.2, 0) is 6.42 Å². The molecule has 0 heterocycles. The van der Waals surface area contributed by atoms with Crippen LogP contribution in [0, 0.1) is 0 Å². The average molecular weight is 348 g/mol. The molecule has 1 aromatic carbocycles. The fraction of sp³-hybridized carbons (Fsp3) is 0.550. The summed E-state index contributed by atoms with van der Waals surface area (Å²) in [5, 5.41) is 2.99. The maximum atomic E-state index is 12.5. The zero-order chi connectivity index (χ0) is 19.0. The Bertz CT molecular complexity index is 575. The summed E-state index contributed by atoms with van der Waals surface area (Å²) in [5.41, 5.74) is 1.45. The van der Waals surface area contributed by atoms with Gasteiger partial charge in [-0.3, -0.25) is 9.69 Å². The number of methoxy groups -OCH3 is 2. The lowest BCUT2D eigenvalue weighted by atomic mass is 10.0. The van der Waals surface area contributed by atoms with Crippen molar-refractivity contribution in [3.63, 3.8) is 0 Å². The van der Waals surface area contributed by atoms with Gasteiger partial charge in [0.15, 0.2) is 11.5 Å². The molecule has 1 rings (SSSR count). The Morgan fingerprint density at radius 2 is 1.84 bits per heavy atom. The second-order valence-corrected chi connectivity index (χ2v) is 6.54. The third-order valence-corrected chi connectivity index (χ3v) is 4.16. The highest BCUT2D eigenvalue weighted by Crippen LogP contribution is 2.33. The summed E-state index contributed by atoms with van der Waals surface area (Å²) < 4.78 is 10.8. The van der Waals surface area contributed by atoms with E-state index >= 15 is 0 Å². The lowest BCUT2D eigenvalue weighted by molar-refractivity contribution is 0.0939. The fourth-order valence-electron chi connectivity index (χ4n) is 2.99. The number of ether oxygens (including phenoxy) is 2. The molecule has 1 N–H and O–H groups in total. The van der Waals surface area contributed by atoms with Crippen LogP contribution in [0.25, 0.3) is 0 Å². The fourth-order valence-corrected chi connectivity index (χ4v) is 2.99. The Balaban J connectivity index is 2.87. The van der Waals surface area contributed by atoms with E-state index in [1.165, 1.54) is 0 Å². The molecule has 0 spiro atoms. The number of hydrogen-bond donors (Lipinski definition) is 1. The molecule has 0 saturated heterocycles. The number of hydrogen-bond acceptors (Lipinski definition) is 4. The first-order valence-electron chi connectivity index (χ1n) is 8.75. The third kappa shape index (κ3) is 5.78. The van der Waals surface area contributed by atoms with Gasteiger partial charge in [0.25, 0.3) is 5.91 Å². The van der Waals surface area contributed by atoms with Crippen LogP contribution in [0.15, 0.2) is 24.8 Å². The van der Waals surface area contributed by atoms with E-state index < -0.39 is 0 Å². The second kappa shape index (κ2) is 10.1. The van der Waals surface area contributed by atoms with Crippen LogP contribution in [-0.4, -0.2) is 50.2 Å². The molecule has 1 amide bonds. The van der Waals surface area contributed by atoms with Gasteiger partial charge in [0, 0.05) is 36.3 Å². The van der Waals surface area contributed by atoms with Gasteiger partial charge in [-0.2, -0.15) is 0 Å². The van der Waals surface area contributed by atoms with Gasteiger partial charge < -0.3 is 14.8 Å². The molecule has 0 unspecified atom stereocenters. The Hall–Kier alpha value is -2.01. The number of carbonyl (C=O) groups excluding carboxylic acids is 1. The minimum absolute atomic E-state index is 0.112. The van der Waals surface area contributed by atoms with Crippen LogP contribution in [0.1, 0.15) is 43.6 Å². The lowest BCUT2D eigenvalue weighted by Gasteiger charge is -2.30. The Morgan fingerprint density at radius 3 is 2.32 bits per heavy atom. The maximum absolute atomic E-state index is 12.5. The second-order valence-electron chi connectivity index (χ2n) is 6.54. The van der Waals surface area contributed by atoms with E-state index in [2.05, 4.69) is 44.5 Å². The number of allylic oxidation sites excluding steroid dienone is 1. The van der Waals surface area contributed by atoms with Crippen molar-refractivity contribution in [2.75, 3.05) is 27.3 Å². The molecule has 0 radical (unpaired) electrons. The molecule has 0 aromatic heterocycles. The molecule has 1 aromatic rings. The van der Waals surface area contributed by atoms with Crippen LogP contribution in [0.2, 0.25) is 0 Å². The first-order chi connectivity index (χ1) is 11.8. The zero-order valence-electron chi connectivity index (χ0n) is 16.4. The molecule has 0 bridgehead atoms. The topological polar surface area (TPSA) is 50.8 Å². The number of amides is 1. The van der Waals surface area contributed by atoms with Gasteiger partial charge in [0.05, 0.1) is 14.2 Å². The van der Waals surface area contributed by atoms with Gasteiger partial charge >= 0.3 is 0 Å². The quantitative estimate of drug-likeness (QED) is 0.659. The van der Waals surface area contributed by atoms with Crippen LogP contribution in [0.3, 0.4) is 0 Å². The minimum atomic E-state index is -0.112. The SMILES string of the molecule is C=CCc1cc(C(=O)NCCN(C(C)C)C(C)C)cc(OC)c1OC. The van der Waals surface area contributed by atoms with Crippen LogP contribution in [0.5, 0.6) is 11.5 Å². The summed E-state index contributed by atoms with van der Waals surface area (Å²) in [6.07, 6.45) is 2.39. The summed E-state index contributed by atoms with van der Waals surface area (Å²) in [5.74, 6) is 1.08. The molecule has 0 saturated carbocycles. The van der Waals surface area contributed by atoms with E-state index in [0.29, 0.717) is 42.1 Å². The Labute approximate surface area is 152 Å². The number of rotatable bonds is 10. The molecule has 0 aliphatic heterocycles. The van der Waals surface area contributed by atoms with Crippen molar-refractivity contribution in [1.29, 1.82) is 0 Å². The predicted octanol–water partition coefficient (Wildman–Crippen LogP) is 3.28. The highest BCUT2D eigenvalue weighted by atomic mass is 16.5. The molecule has 0 aliphatic rings. The molecular formula is C20H32N2O3. The van der Waals surface area contributed by atoms with E-state index in [1.807, 2.05) is 6.07 Å². The summed E-state index contributed by atoms with van der Waals surface area (Å²) in [6.45, 7) is 13.8. The Kier molecular flexibility index (Phi) is 8.49. The van der Waals surface area contributed by atoms with E-state index in [-0.39, 0.29) is 5.91 Å². The molecular weight excluding hydrogens is 316 g/mol. The van der Waals surface area contributed by atoms with Gasteiger partial charge in [0.1, 0.15) is 0 Å². The van der Waals surface area contributed by atoms with Crippen molar-refractivity contribution < 1.29 is 14.3 Å². The van der Waals surface area contributed by atoms with Gasteiger partial charge in [-0.25, -0.2) is 0 Å². The molecule has 0 fully saturated rings. The number of nitrogens with zero attached hydrogens (tertiary/aromatic N) is 1. The largest absolute Gasteiger partial charge is 0.493 e. The third-order valence-electron chi connectivity index (χ3n) is 4.16. The highest BCUT2D eigenvalue weighted by molar-refractivity contribution is 5.95. The van der Waals surface area contributed by atoms with E-state index in [0.717, 1.165) is 12.1 Å². The van der Waals surface area contributed by atoms with Crippen molar-refractivity contribution in [3.8, 4) is 11.5 Å². The standard InChI is InChI=1S/C20H32N2O3/c1-8-9-16-12-17(13-18(24-6)19(16)25-7)20(23)21-10-11-22(14(2)3)15(4)5/h8,12-15H,1,9-11H2,2-7H3,(H,21,23). The summed E-state index contributed by atoms with van der Waals surface area (Å²) in [7, 11) is 3.16. The van der Waals surface area contributed by atoms with Gasteiger partial charge in [0.2, 0.25) is 0 Å². The lowest BCUT2D eigenvalue weighted by Crippen LogP contribution is -2.42. The van der Waals surface area contributed by atoms with Gasteiger partial charge in [-0.15, -0.1) is 6.58 Å². The molecule has 0 atom stereocenters. The number of nitrogens with one attached hydrogen (secondary N) is 1. The zero-order valence-corrected chi connectivity index (χ0v) is 16.4. The van der Waals surface area contributed by atoms with Crippen LogP contribution < -0.4 is 14.8 Å². The molecule has 5 nitrogen and oxygen atoms in total. The maximum Gasteiger partial charge on any atom is 0.251 e. The van der Waals surface area contributed by atoms with Crippen molar-refractivity contribution in [2.24, 2.45) is 0 Å². The predicted molar refractivity (Wildman–Crippen MR) is 103 cm³/mol. The minimum Gasteiger partial charge on any atom is -0.493 e. The number of carbonyl (C=O) groups is 1. The summed E-state index contributed by atoms with van der Waals surface area (Å²) in [6, 6.07) is 4.43. The summed E-state index contributed by atoms with van der Waals surface area (Å²) in [4.78, 5) is 14.9. The van der Waals surface area contributed by atoms with E-state index in [9.17, 15) is 4.79 Å². The monoisotopic (exact) mass is 348 g/mol. The van der Waals surface area contributed by atoms with Gasteiger partial charge in [-0.1, -0.05) is 6.08 Å². The normalized spacial score (nSPS) is 11.1. The Morgan fingerprint density at radius 1 is 1.20 bits per heavy atom. The van der Waals surface area contributed by atoms with Crippen LogP contribution in [0.4, 0.5) is 0 Å². The van der Waals surface area contributed by atoms with Crippen LogP contribution >= 0.6 is 0 Å². The summed E-state index contributed by atoms with van der Waals surface area (Å²) >= 11 is 0. The molecule has 0 aliphatic carbocycles. The first-order valence-corrected chi connectivity index (χ1v) is 8.75. The van der Waals surface area contributed by atoms with Crippen molar-refractivity contribution >= 4 is 5.91 Å². The van der Waals surface area contributed by atoms with Crippen molar-refractivity contribution in [2.45, 2.75) is 46.2 Å². The van der Waals surface area contributed by atoms with Crippen molar-refractivity contribution in [3.05, 3.63) is 35.9 Å². The molecule has 140 valence electrons. The van der Waals surface area contributed by atoms with Crippen molar-refractivity contribution in [1.82, 2.24) is 10.2 Å². The van der Waals surface area contributed by atoms with Gasteiger partial charge in [-0.05, 0) is 46.2 Å².